The lowest BCUT2D eigenvalue weighted by Gasteiger charge is -2.38. The van der Waals surface area contributed by atoms with Crippen molar-refractivity contribution in [2.45, 2.75) is 25.7 Å². The van der Waals surface area contributed by atoms with E-state index in [0.29, 0.717) is 10.6 Å². The van der Waals surface area contributed by atoms with Gasteiger partial charge in [-0.25, -0.2) is 4.98 Å². The van der Waals surface area contributed by atoms with Crippen LogP contribution in [0.25, 0.3) is 0 Å². The first-order chi connectivity index (χ1) is 10.3. The van der Waals surface area contributed by atoms with Gasteiger partial charge in [-0.15, -0.1) is 0 Å². The number of hydrogen-bond acceptors (Lipinski definition) is 4. The smallest absolute Gasteiger partial charge is 0.147 e. The molecule has 0 spiro atoms. The summed E-state index contributed by atoms with van der Waals surface area (Å²) in [6.45, 7) is 3.83. The van der Waals surface area contributed by atoms with Gasteiger partial charge in [0.15, 0.2) is 0 Å². The number of hydrogen-bond donors (Lipinski definition) is 0. The van der Waals surface area contributed by atoms with Crippen molar-refractivity contribution >= 4 is 17.4 Å². The maximum absolute atomic E-state index is 8.87. The molecule has 1 aromatic heterocycles. The highest BCUT2D eigenvalue weighted by Gasteiger charge is 2.29. The van der Waals surface area contributed by atoms with Gasteiger partial charge in [0.2, 0.25) is 0 Å². The van der Waals surface area contributed by atoms with Gasteiger partial charge in [-0.1, -0.05) is 11.6 Å². The van der Waals surface area contributed by atoms with E-state index in [0.717, 1.165) is 44.0 Å². The number of halogens is 1. The molecule has 0 bridgehead atoms. The zero-order valence-electron chi connectivity index (χ0n) is 12.1. The van der Waals surface area contributed by atoms with E-state index in [4.69, 9.17) is 21.6 Å². The van der Waals surface area contributed by atoms with Crippen LogP contribution in [-0.4, -0.2) is 31.3 Å². The molecule has 4 nitrogen and oxygen atoms in total. The minimum Gasteiger partial charge on any atom is -0.381 e. The van der Waals surface area contributed by atoms with Crippen LogP contribution in [0.2, 0.25) is 5.02 Å². The Kier molecular flexibility index (Phi) is 4.62. The van der Waals surface area contributed by atoms with Crippen LogP contribution in [0.3, 0.4) is 0 Å². The van der Waals surface area contributed by atoms with Crippen LogP contribution in [0, 0.1) is 23.2 Å². The zero-order valence-corrected chi connectivity index (χ0v) is 12.9. The van der Waals surface area contributed by atoms with Gasteiger partial charge >= 0.3 is 0 Å². The Hall–Kier alpha value is -1.31. The van der Waals surface area contributed by atoms with Gasteiger partial charge in [-0.2, -0.15) is 5.26 Å². The van der Waals surface area contributed by atoms with Gasteiger partial charge in [0.25, 0.3) is 0 Å². The van der Waals surface area contributed by atoms with E-state index in [1.807, 2.05) is 0 Å². The number of nitriles is 1. The molecule has 2 fully saturated rings. The molecule has 1 aromatic rings. The molecule has 3 rings (SSSR count). The molecule has 0 aromatic carbocycles. The van der Waals surface area contributed by atoms with Crippen molar-refractivity contribution in [1.82, 2.24) is 4.98 Å². The molecular formula is C16H20ClN3O. The third-order valence-corrected chi connectivity index (χ3v) is 4.93. The largest absolute Gasteiger partial charge is 0.381 e. The summed E-state index contributed by atoms with van der Waals surface area (Å²) in [4.78, 5) is 6.60. The highest BCUT2D eigenvalue weighted by Crippen LogP contribution is 2.33. The Morgan fingerprint density at radius 2 is 2.10 bits per heavy atom. The van der Waals surface area contributed by atoms with Crippen molar-refractivity contribution in [3.05, 3.63) is 22.8 Å². The minimum absolute atomic E-state index is 0.512. The number of ether oxygens (including phenoxy) is 1. The van der Waals surface area contributed by atoms with E-state index in [1.165, 1.54) is 25.7 Å². The van der Waals surface area contributed by atoms with Gasteiger partial charge in [-0.05, 0) is 43.6 Å². The lowest BCUT2D eigenvalue weighted by atomic mass is 9.81. The molecule has 5 heteroatoms. The quantitative estimate of drug-likeness (QED) is 0.841. The first-order valence-corrected chi connectivity index (χ1v) is 8.04. The molecule has 0 N–H and O–H groups in total. The van der Waals surface area contributed by atoms with Crippen LogP contribution in [0.15, 0.2) is 12.3 Å². The van der Waals surface area contributed by atoms with E-state index < -0.39 is 0 Å². The third-order valence-electron chi connectivity index (χ3n) is 4.65. The number of aromatic nitrogens is 1. The molecule has 2 saturated heterocycles. The summed E-state index contributed by atoms with van der Waals surface area (Å²) in [5, 5.41) is 9.45. The number of piperidine rings is 1. The summed E-state index contributed by atoms with van der Waals surface area (Å²) in [6.07, 6.45) is 6.45. The van der Waals surface area contributed by atoms with Gasteiger partial charge < -0.3 is 9.64 Å². The minimum atomic E-state index is 0.512. The fourth-order valence-electron chi connectivity index (χ4n) is 3.44. The van der Waals surface area contributed by atoms with Crippen LogP contribution in [0.5, 0.6) is 0 Å². The summed E-state index contributed by atoms with van der Waals surface area (Å²) in [7, 11) is 0. The number of rotatable bonds is 2. The van der Waals surface area contributed by atoms with Gasteiger partial charge in [0, 0.05) is 32.5 Å². The Bertz CT molecular complexity index is 529. The molecule has 3 heterocycles. The molecule has 1 atom stereocenters. The second kappa shape index (κ2) is 6.64. The third kappa shape index (κ3) is 3.30. The normalized spacial score (nSPS) is 23.8. The van der Waals surface area contributed by atoms with Crippen LogP contribution in [0.1, 0.15) is 31.2 Å². The number of anilines is 1. The van der Waals surface area contributed by atoms with Crippen molar-refractivity contribution in [2.75, 3.05) is 31.2 Å². The summed E-state index contributed by atoms with van der Waals surface area (Å²) >= 11 is 6.25. The highest BCUT2D eigenvalue weighted by molar-refractivity contribution is 6.33. The lowest BCUT2D eigenvalue weighted by Crippen LogP contribution is -2.38. The molecule has 112 valence electrons. The summed E-state index contributed by atoms with van der Waals surface area (Å²) in [5.74, 6) is 2.30. The average Bonchev–Trinajstić information content (AvgIpc) is 2.56. The molecule has 21 heavy (non-hydrogen) atoms. The van der Waals surface area contributed by atoms with Crippen molar-refractivity contribution in [2.24, 2.45) is 11.8 Å². The van der Waals surface area contributed by atoms with Crippen LogP contribution >= 0.6 is 11.6 Å². The Balaban J connectivity index is 1.61. The highest BCUT2D eigenvalue weighted by atomic mass is 35.5. The molecule has 0 radical (unpaired) electrons. The predicted molar refractivity (Wildman–Crippen MR) is 82.4 cm³/mol. The van der Waals surface area contributed by atoms with Crippen LogP contribution in [-0.2, 0) is 4.74 Å². The maximum Gasteiger partial charge on any atom is 0.147 e. The Morgan fingerprint density at radius 1 is 1.29 bits per heavy atom. The summed E-state index contributed by atoms with van der Waals surface area (Å²) in [5.41, 5.74) is 0.512. The number of pyridine rings is 1. The first-order valence-electron chi connectivity index (χ1n) is 7.66. The summed E-state index contributed by atoms with van der Waals surface area (Å²) in [6, 6.07) is 3.77. The second-order valence-electron chi connectivity index (χ2n) is 5.94. The van der Waals surface area contributed by atoms with Crippen molar-refractivity contribution in [3.8, 4) is 6.07 Å². The molecule has 0 unspecified atom stereocenters. The van der Waals surface area contributed by atoms with Gasteiger partial charge in [0.1, 0.15) is 11.9 Å². The van der Waals surface area contributed by atoms with Gasteiger partial charge in [-0.3, -0.25) is 0 Å². The molecule has 0 saturated carbocycles. The van der Waals surface area contributed by atoms with E-state index in [1.54, 1.807) is 12.3 Å². The molecular weight excluding hydrogens is 286 g/mol. The van der Waals surface area contributed by atoms with E-state index in [-0.39, 0.29) is 0 Å². The monoisotopic (exact) mass is 305 g/mol. The molecule has 0 aliphatic carbocycles. The summed E-state index contributed by atoms with van der Waals surface area (Å²) < 4.78 is 5.61. The average molecular weight is 306 g/mol. The van der Waals surface area contributed by atoms with Crippen molar-refractivity contribution in [3.63, 3.8) is 0 Å². The fourth-order valence-corrected chi connectivity index (χ4v) is 3.73. The first kappa shape index (κ1) is 14.6. The number of nitrogens with zero attached hydrogens (tertiary/aromatic N) is 3. The molecule has 0 amide bonds. The second-order valence-corrected chi connectivity index (χ2v) is 6.35. The Morgan fingerprint density at radius 3 is 2.71 bits per heavy atom. The van der Waals surface area contributed by atoms with Crippen LogP contribution in [0.4, 0.5) is 5.82 Å². The van der Waals surface area contributed by atoms with E-state index >= 15 is 0 Å². The van der Waals surface area contributed by atoms with Crippen LogP contribution < -0.4 is 4.90 Å². The van der Waals surface area contributed by atoms with Gasteiger partial charge in [0.05, 0.1) is 10.6 Å². The lowest BCUT2D eigenvalue weighted by molar-refractivity contribution is 0.0253. The van der Waals surface area contributed by atoms with Crippen molar-refractivity contribution in [1.29, 1.82) is 5.26 Å². The van der Waals surface area contributed by atoms with Crippen molar-refractivity contribution < 1.29 is 4.74 Å². The Labute approximate surface area is 130 Å². The topological polar surface area (TPSA) is 49.2 Å². The zero-order chi connectivity index (χ0) is 14.7. The maximum atomic E-state index is 8.87. The standard InChI is InChI=1S/C16H20ClN3O/c17-15-8-12(9-18)10-19-16(15)20-5-3-13(4-6-20)14-2-1-7-21-11-14/h8,10,13-14H,1-7,11H2/t14-/m1/s1. The fraction of sp³-hybridized carbons (Fsp3) is 0.625. The van der Waals surface area contributed by atoms with E-state index in [9.17, 15) is 0 Å². The molecule has 2 aliphatic rings. The SMILES string of the molecule is N#Cc1cnc(N2CCC([C@@H]3CCCOC3)CC2)c(Cl)c1. The van der Waals surface area contributed by atoms with E-state index in [2.05, 4.69) is 16.0 Å². The predicted octanol–water partition coefficient (Wildman–Crippen LogP) is 3.25. The molecule has 2 aliphatic heterocycles.